The van der Waals surface area contributed by atoms with Gasteiger partial charge in [-0.05, 0) is 103 Å². The van der Waals surface area contributed by atoms with Crippen molar-refractivity contribution < 1.29 is 32.6 Å². The van der Waals surface area contributed by atoms with Gasteiger partial charge in [0.25, 0.3) is 10.0 Å². The molecule has 5 N–H and O–H groups in total. The number of carbonyl (C=O) groups is 3. The van der Waals surface area contributed by atoms with Crippen molar-refractivity contribution in [2.75, 3.05) is 13.1 Å². The quantitative estimate of drug-likeness (QED) is 0.0660. The fourth-order valence-corrected chi connectivity index (χ4v) is 8.65. The first-order chi connectivity index (χ1) is 23.2. The van der Waals surface area contributed by atoms with Crippen LogP contribution in [0.4, 0.5) is 4.79 Å². The highest BCUT2D eigenvalue weighted by molar-refractivity contribution is 7.90. The van der Waals surface area contributed by atoms with Crippen LogP contribution in [-0.2, 0) is 21.2 Å². The summed E-state index contributed by atoms with van der Waals surface area (Å²) in [6.45, 7) is 14.9. The van der Waals surface area contributed by atoms with Gasteiger partial charge in [-0.3, -0.25) is 15.0 Å². The minimum absolute atomic E-state index is 0.0127. The lowest BCUT2D eigenvalue weighted by atomic mass is 9.94. The van der Waals surface area contributed by atoms with Crippen molar-refractivity contribution in [3.63, 3.8) is 0 Å². The molecule has 2 aromatic carbocycles. The van der Waals surface area contributed by atoms with Gasteiger partial charge in [0.05, 0.1) is 21.2 Å². The molecule has 0 saturated carbocycles. The van der Waals surface area contributed by atoms with Crippen LogP contribution in [0.5, 0.6) is 5.75 Å². The van der Waals surface area contributed by atoms with Crippen LogP contribution in [0.3, 0.4) is 0 Å². The van der Waals surface area contributed by atoms with Crippen LogP contribution in [0.25, 0.3) is 10.2 Å². The molecule has 50 heavy (non-hydrogen) atoms. The molecule has 1 atom stereocenters. The largest absolute Gasteiger partial charge is 0.487 e. The first-order valence-corrected chi connectivity index (χ1v) is 18.9. The van der Waals surface area contributed by atoms with E-state index in [1.807, 2.05) is 39.0 Å². The second-order valence-electron chi connectivity index (χ2n) is 14.3. The number of amides is 2. The molecule has 2 amide bonds. The Morgan fingerprint density at radius 2 is 1.78 bits per heavy atom. The SMILES string of the molecule is Cc1c(C)c(S(=O)(=O)NC(=N)NCCC[C@H](NC(=O)CCCN(C(=O)O)C(C)(C)C)C(=O)c2nc3ccccc3s2)c(C)c2c1OC(C)(C)C2. The van der Waals surface area contributed by atoms with Crippen LogP contribution in [0.2, 0.25) is 0 Å². The van der Waals surface area contributed by atoms with Crippen LogP contribution in [0.15, 0.2) is 29.2 Å². The Bertz CT molecular complexity index is 1880. The second-order valence-corrected chi connectivity index (χ2v) is 16.9. The third-order valence-corrected chi connectivity index (χ3v) is 11.4. The zero-order valence-electron chi connectivity index (χ0n) is 29.9. The number of sulfonamides is 1. The van der Waals surface area contributed by atoms with E-state index in [9.17, 15) is 27.9 Å². The molecule has 0 bridgehead atoms. The second kappa shape index (κ2) is 14.9. The predicted octanol–water partition coefficient (Wildman–Crippen LogP) is 5.44. The topological polar surface area (TPSA) is 191 Å². The lowest BCUT2D eigenvalue weighted by Gasteiger charge is -2.33. The molecule has 0 saturated heterocycles. The third kappa shape index (κ3) is 8.91. The number of nitrogens with zero attached hydrogens (tertiary/aromatic N) is 2. The van der Waals surface area contributed by atoms with E-state index in [-0.39, 0.29) is 48.0 Å². The van der Waals surface area contributed by atoms with Crippen molar-refractivity contribution in [3.05, 3.63) is 51.5 Å². The van der Waals surface area contributed by atoms with Crippen LogP contribution < -0.4 is 20.1 Å². The smallest absolute Gasteiger partial charge is 0.407 e. The van der Waals surface area contributed by atoms with E-state index in [4.69, 9.17) is 10.1 Å². The predicted molar refractivity (Wildman–Crippen MR) is 194 cm³/mol. The summed E-state index contributed by atoms with van der Waals surface area (Å²) in [7, 11) is -4.11. The number of nitrogens with one attached hydrogen (secondary N) is 4. The fraction of sp³-hybridized carbons (Fsp3) is 0.514. The summed E-state index contributed by atoms with van der Waals surface area (Å²) in [6.07, 6.45) is 0.273. The molecule has 1 aliphatic heterocycles. The number of fused-ring (bicyclic) bond motifs is 2. The molecule has 1 aromatic heterocycles. The van der Waals surface area contributed by atoms with Crippen molar-refractivity contribution in [2.45, 2.75) is 110 Å². The Kier molecular flexibility index (Phi) is 11.5. The van der Waals surface area contributed by atoms with Crippen LogP contribution in [0.1, 0.15) is 92.4 Å². The number of para-hydroxylation sites is 1. The van der Waals surface area contributed by atoms with Gasteiger partial charge >= 0.3 is 6.09 Å². The molecule has 13 nitrogen and oxygen atoms in total. The summed E-state index contributed by atoms with van der Waals surface area (Å²) < 4.78 is 36.3. The molecule has 272 valence electrons. The number of benzene rings is 2. The Hall–Kier alpha value is -4.24. The maximum Gasteiger partial charge on any atom is 0.407 e. The first-order valence-electron chi connectivity index (χ1n) is 16.6. The average Bonchev–Trinajstić information content (AvgIpc) is 3.59. The van der Waals surface area contributed by atoms with Gasteiger partial charge in [-0.25, -0.2) is 22.9 Å². The summed E-state index contributed by atoms with van der Waals surface area (Å²) >= 11 is 1.23. The normalized spacial score (nSPS) is 14.4. The van der Waals surface area contributed by atoms with Gasteiger partial charge < -0.3 is 25.4 Å². The van der Waals surface area contributed by atoms with Crippen molar-refractivity contribution in [1.29, 1.82) is 5.41 Å². The van der Waals surface area contributed by atoms with E-state index in [1.54, 1.807) is 40.7 Å². The lowest BCUT2D eigenvalue weighted by Crippen LogP contribution is -2.46. The number of carboxylic acid groups (broad SMARTS) is 1. The van der Waals surface area contributed by atoms with Crippen molar-refractivity contribution in [2.24, 2.45) is 0 Å². The lowest BCUT2D eigenvalue weighted by molar-refractivity contribution is -0.121. The summed E-state index contributed by atoms with van der Waals surface area (Å²) in [4.78, 5) is 44.2. The standard InChI is InChI=1S/C35H48N6O7S2/c1-20-21(2)30(22(3)23-19-35(7,8)48-29(20)23)50(46,47)40-32(36)37-17-11-14-25(28(43)31-39-24-13-9-10-15-26(24)49-31)38-27(42)16-12-18-41(33(44)45)34(4,5)6/h9-10,13,15,25H,11-12,14,16-19H2,1-8H3,(H,38,42)(H,44,45)(H3,36,37,40)/t25-/m0/s1. The molecule has 0 aliphatic carbocycles. The van der Waals surface area contributed by atoms with Crippen LogP contribution >= 0.6 is 11.3 Å². The molecule has 1 aliphatic rings. The van der Waals surface area contributed by atoms with Crippen LogP contribution in [-0.4, -0.2) is 77.4 Å². The monoisotopic (exact) mass is 728 g/mol. The number of rotatable bonds is 13. The molecular weight excluding hydrogens is 681 g/mol. The zero-order chi connectivity index (χ0) is 37.2. The number of Topliss-reactive ketones (excluding diaryl/α,β-unsaturated/α-hetero) is 1. The zero-order valence-corrected chi connectivity index (χ0v) is 31.6. The molecule has 3 aromatic rings. The summed E-state index contributed by atoms with van der Waals surface area (Å²) in [6, 6.07) is 6.41. The number of ether oxygens (including phenoxy) is 1. The van der Waals surface area contributed by atoms with Gasteiger partial charge in [-0.2, -0.15) is 0 Å². The average molecular weight is 729 g/mol. The maximum atomic E-state index is 13.6. The van der Waals surface area contributed by atoms with Gasteiger partial charge in [-0.1, -0.05) is 12.1 Å². The van der Waals surface area contributed by atoms with Gasteiger partial charge in [0.2, 0.25) is 17.6 Å². The van der Waals surface area contributed by atoms with E-state index in [1.165, 1.54) is 16.2 Å². The molecule has 0 unspecified atom stereocenters. The Morgan fingerprint density at radius 1 is 1.10 bits per heavy atom. The number of ketones is 1. The highest BCUT2D eigenvalue weighted by Crippen LogP contribution is 2.43. The Labute approximate surface area is 297 Å². The summed E-state index contributed by atoms with van der Waals surface area (Å²) in [5.74, 6) is -0.464. The van der Waals surface area contributed by atoms with E-state index in [0.717, 1.165) is 15.8 Å². The Morgan fingerprint density at radius 3 is 2.42 bits per heavy atom. The number of hydrogen-bond donors (Lipinski definition) is 5. The van der Waals surface area contributed by atoms with E-state index >= 15 is 0 Å². The number of thiazole rings is 1. The van der Waals surface area contributed by atoms with Gasteiger partial charge in [0.15, 0.2) is 5.01 Å². The van der Waals surface area contributed by atoms with Crippen molar-refractivity contribution in [3.8, 4) is 5.75 Å². The highest BCUT2D eigenvalue weighted by atomic mass is 32.2. The van der Waals surface area contributed by atoms with Crippen LogP contribution in [0, 0.1) is 26.2 Å². The number of aromatic nitrogens is 1. The first kappa shape index (κ1) is 38.6. The summed E-state index contributed by atoms with van der Waals surface area (Å²) in [5.41, 5.74) is 2.33. The highest BCUT2D eigenvalue weighted by Gasteiger charge is 2.37. The minimum atomic E-state index is -4.11. The molecule has 15 heteroatoms. The number of carbonyl (C=O) groups excluding carboxylic acids is 2. The molecule has 0 spiro atoms. The minimum Gasteiger partial charge on any atom is -0.487 e. The molecule has 0 fully saturated rings. The molecular formula is C35H48N6O7S2. The van der Waals surface area contributed by atoms with Crippen molar-refractivity contribution in [1.82, 2.24) is 25.2 Å². The van der Waals surface area contributed by atoms with Gasteiger partial charge in [0.1, 0.15) is 11.4 Å². The van der Waals surface area contributed by atoms with Gasteiger partial charge in [-0.15, -0.1) is 11.3 Å². The third-order valence-electron chi connectivity index (χ3n) is 8.75. The maximum absolute atomic E-state index is 13.6. The summed E-state index contributed by atoms with van der Waals surface area (Å²) in [5, 5.41) is 23.7. The van der Waals surface area contributed by atoms with Gasteiger partial charge in [0, 0.05) is 37.0 Å². The molecule has 2 heterocycles. The fourth-order valence-electron chi connectivity index (χ4n) is 6.17. The van der Waals surface area contributed by atoms with E-state index < -0.39 is 45.2 Å². The molecule has 4 rings (SSSR count). The number of guanidine groups is 1. The van der Waals surface area contributed by atoms with E-state index in [0.29, 0.717) is 35.2 Å². The van der Waals surface area contributed by atoms with E-state index in [2.05, 4.69) is 20.3 Å². The number of hydrogen-bond acceptors (Lipinski definition) is 9. The van der Waals surface area contributed by atoms with Crippen molar-refractivity contribution >= 4 is 55.3 Å². The molecule has 0 radical (unpaired) electrons. The Balaban J connectivity index is 1.40.